The predicted octanol–water partition coefficient (Wildman–Crippen LogP) is 29.4. The van der Waals surface area contributed by atoms with Crippen molar-refractivity contribution < 1.29 is 213 Å². The van der Waals surface area contributed by atoms with Gasteiger partial charge in [-0.1, -0.05) is 205 Å². The molecule has 11 aromatic carbocycles. The number of allylic oxidation sites excluding steroid dienone is 9. The minimum atomic E-state index is -4.94. The van der Waals surface area contributed by atoms with Gasteiger partial charge in [0.2, 0.25) is 0 Å². The van der Waals surface area contributed by atoms with Crippen LogP contribution in [0.3, 0.4) is 0 Å². The Balaban J connectivity index is 0.000000336. The van der Waals surface area contributed by atoms with Crippen LogP contribution < -0.4 is 0 Å². The zero-order valence-electron chi connectivity index (χ0n) is 79.0. The summed E-state index contributed by atoms with van der Waals surface area (Å²) in [5.74, 6) is -2.98. The standard InChI is InChI=1S/C19H12N.3C15H10N.C13H8NS.C12H8N2.C8H5F3O2S.4C5H8O2.Eu.5Ir/c1-2-7-16-13-17(10-9-14(16)5-1)19-18-8-4-3-6-15(18)11-12-20-19;1-2-8-13-12(6-1)7-5-9-14(13)15-10-3-4-11-16-15;1-2-7-13(8-3-1)15-14-9-5-4-6-12(14)10-11-16-15;1-2-6-12(7-3-1)15-11-10-13-8-4-5-9-14(13)16-15;1-2-7-12-10(5-1)9-13(15-12)11-6-3-4-8-14-11;1-3-9-5-6-10-4-2-8-14-12(10)11(9)13-7-1;9-8(10,11)7(13)4-5(12)6-2-1-3-14-6;4*1-4(6)3-5(2)7;;;;;;/h1-9,11-13H;1-8,10-11H;1-7,9-11H;1-6,8-11H;1-8H;1-8H;1-4,12H;4*3,6H,1-2H3;;;;;;/q5*-1;;;;;;;;;;;;. The van der Waals surface area contributed by atoms with Gasteiger partial charge in [-0.05, 0) is 169 Å². The molecular formula is C117H95EuF3Ir5N7O10S2-5. The van der Waals surface area contributed by atoms with Gasteiger partial charge in [-0.25, -0.2) is 11.3 Å². The van der Waals surface area contributed by atoms with E-state index in [9.17, 15) is 37.1 Å². The van der Waals surface area contributed by atoms with Crippen LogP contribution in [0.2, 0.25) is 0 Å². The maximum absolute atomic E-state index is 11.7. The molecule has 20 aromatic rings. The van der Waals surface area contributed by atoms with Crippen molar-refractivity contribution >= 4 is 143 Å². The first kappa shape index (κ1) is 125. The molecule has 9 aromatic heterocycles. The Morgan fingerprint density at radius 1 is 0.338 bits per heavy atom. The van der Waals surface area contributed by atoms with Gasteiger partial charge in [0.25, 0.3) is 5.78 Å². The number of pyridine rings is 7. The summed E-state index contributed by atoms with van der Waals surface area (Å²) >= 11 is 2.78. The van der Waals surface area contributed by atoms with Crippen LogP contribution in [0.4, 0.5) is 13.2 Å². The molecule has 145 heavy (non-hydrogen) atoms. The van der Waals surface area contributed by atoms with E-state index in [0.29, 0.717) is 0 Å². The van der Waals surface area contributed by atoms with Crippen LogP contribution >= 0.6 is 22.7 Å². The monoisotopic (exact) mass is 3000 g/mol. The number of halogens is 3. The molecule has 20 rings (SSSR count). The second-order valence-corrected chi connectivity index (χ2v) is 32.3. The topological polar surface area (TPSA) is 277 Å². The fourth-order valence-electron chi connectivity index (χ4n) is 13.2. The SMILES string of the molecule is CC(=O)C=C(C)O.CC(=O)C=C(C)O.CC(=O)C=C(C)O.CC(=O)C=C(C)O.O=C(C=C(O)c1cccs1)C(F)(F)F.[Eu].[Ir].[Ir].[Ir].[Ir].[Ir].[c-]1c(-c2ccccn2)sc2ccccc12.[c-]1cc2ccccc2cc1-c1nccc2ccccc12.[c-]1ccc2ccccc2c1-c1ccccn1.[c-]1ccccc1-c1ccc2ccccc2n1.[c-]1ccccc1-c1nccc2ccccc12.c1cnc2c(c1)ccc1cccnc12. The number of carbonyl (C=O) groups is 5. The average Bonchev–Trinajstić information content (AvgIpc) is 1.73. The molecule has 0 aliphatic carbocycles. The number of alkyl halides is 3. The molecule has 9 heterocycles. The molecule has 0 aliphatic rings. The van der Waals surface area contributed by atoms with E-state index < -0.39 is 17.7 Å². The summed E-state index contributed by atoms with van der Waals surface area (Å²) in [6.07, 6.45) is 10.8. The molecule has 0 aliphatic heterocycles. The van der Waals surface area contributed by atoms with Crippen LogP contribution in [0.1, 0.15) is 60.3 Å². The van der Waals surface area contributed by atoms with E-state index in [0.717, 1.165) is 94.3 Å². The Morgan fingerprint density at radius 2 is 0.766 bits per heavy atom. The summed E-state index contributed by atoms with van der Waals surface area (Å²) in [5.41, 5.74) is 12.1. The van der Waals surface area contributed by atoms with Gasteiger partial charge in [-0.3, -0.25) is 38.9 Å². The molecule has 0 amide bonds. The number of ketones is 5. The van der Waals surface area contributed by atoms with Gasteiger partial charge in [0, 0.05) is 234 Å². The van der Waals surface area contributed by atoms with Crippen LogP contribution in [0.25, 0.3) is 147 Å². The van der Waals surface area contributed by atoms with E-state index in [-0.39, 0.29) is 207 Å². The summed E-state index contributed by atoms with van der Waals surface area (Å²) in [4.78, 5) is 82.8. The van der Waals surface area contributed by atoms with Crippen molar-refractivity contribution in [2.75, 3.05) is 0 Å². The number of aromatic nitrogens is 7. The van der Waals surface area contributed by atoms with Crippen molar-refractivity contribution in [2.24, 2.45) is 0 Å². The number of carbonyl (C=O) groups excluding carboxylic acids is 5. The first-order chi connectivity index (χ1) is 67.0. The van der Waals surface area contributed by atoms with E-state index in [1.807, 2.05) is 207 Å². The summed E-state index contributed by atoms with van der Waals surface area (Å²) in [6.45, 7) is 11.4. The third kappa shape index (κ3) is 41.9. The molecule has 17 nitrogen and oxygen atoms in total. The molecule has 6 radical (unpaired) electrons. The molecule has 0 atom stereocenters. The Morgan fingerprint density at radius 3 is 1.23 bits per heavy atom. The molecule has 0 saturated carbocycles. The Labute approximate surface area is 955 Å². The second kappa shape index (κ2) is 65.9. The number of aliphatic hydroxyl groups is 5. The largest absolute Gasteiger partial charge is 0.512 e. The van der Waals surface area contributed by atoms with Gasteiger partial charge < -0.3 is 45.5 Å². The number of hydrogen-bond acceptors (Lipinski definition) is 19. The minimum Gasteiger partial charge on any atom is -0.512 e. The normalized spacial score (nSPS) is 10.6. The quantitative estimate of drug-likeness (QED) is 0.0348. The Bertz CT molecular complexity index is 7340. The smallest absolute Gasteiger partial charge is 0.454 e. The van der Waals surface area contributed by atoms with E-state index in [1.165, 1.54) is 144 Å². The van der Waals surface area contributed by atoms with Gasteiger partial charge in [-0.15, -0.1) is 165 Å². The number of rotatable bonds is 11. The molecule has 0 unspecified atom stereocenters. The number of hydrogen-bond donors (Lipinski definition) is 5. The fourth-order valence-corrected chi connectivity index (χ4v) is 14.8. The van der Waals surface area contributed by atoms with Gasteiger partial charge in [0.05, 0.1) is 44.5 Å². The molecule has 0 spiro atoms. The number of thiophene rings is 2. The van der Waals surface area contributed by atoms with E-state index in [1.54, 1.807) is 35.2 Å². The predicted molar refractivity (Wildman–Crippen MR) is 557 cm³/mol. The van der Waals surface area contributed by atoms with Crippen molar-refractivity contribution in [3.8, 4) is 55.6 Å². The summed E-state index contributed by atoms with van der Waals surface area (Å²) in [5, 5.41) is 58.3. The molecule has 28 heteroatoms. The third-order valence-electron chi connectivity index (χ3n) is 19.0. The summed E-state index contributed by atoms with van der Waals surface area (Å²) in [6, 6.07) is 125. The number of aliphatic hydroxyl groups excluding tert-OH is 5. The van der Waals surface area contributed by atoms with Gasteiger partial charge in [-0.2, -0.15) is 13.2 Å². The minimum absolute atomic E-state index is 0. The van der Waals surface area contributed by atoms with Crippen LogP contribution in [-0.4, -0.2) is 95.5 Å². The number of para-hydroxylation sites is 1. The number of nitrogens with zero attached hydrogens (tertiary/aromatic N) is 7. The van der Waals surface area contributed by atoms with Crippen LogP contribution in [-0.2, 0) is 124 Å². The maximum atomic E-state index is 11.7. The van der Waals surface area contributed by atoms with Crippen molar-refractivity contribution in [1.82, 2.24) is 34.9 Å². The summed E-state index contributed by atoms with van der Waals surface area (Å²) < 4.78 is 36.5. The number of benzene rings is 11. The van der Waals surface area contributed by atoms with Crippen LogP contribution in [0.15, 0.2) is 424 Å². The van der Waals surface area contributed by atoms with Crippen molar-refractivity contribution in [3.63, 3.8) is 0 Å². The first-order valence-electron chi connectivity index (χ1n) is 43.2. The fraction of sp³-hybridized carbons (Fsp3) is 0.0769. The van der Waals surface area contributed by atoms with Gasteiger partial charge in [0.15, 0.2) is 23.1 Å². The Hall–Kier alpha value is -12.4. The van der Waals surface area contributed by atoms with Crippen LogP contribution in [0, 0.1) is 79.7 Å². The molecule has 5 N–H and O–H groups in total. The molecule has 0 saturated heterocycles. The first-order valence-corrected chi connectivity index (χ1v) is 44.9. The van der Waals surface area contributed by atoms with Gasteiger partial charge in [0.1, 0.15) is 5.76 Å². The zero-order valence-corrected chi connectivity index (χ0v) is 95.0. The molecule has 0 bridgehead atoms. The summed E-state index contributed by atoms with van der Waals surface area (Å²) in [7, 11) is 0. The van der Waals surface area contributed by atoms with E-state index in [4.69, 9.17) is 25.5 Å². The third-order valence-corrected chi connectivity index (χ3v) is 21.0. The Kier molecular flexibility index (Phi) is 56.8. The van der Waals surface area contributed by atoms with Crippen molar-refractivity contribution in [2.45, 2.75) is 61.6 Å². The number of fused-ring (bicyclic) bond motifs is 9. The zero-order chi connectivity index (χ0) is 99.4. The average molecular weight is 2990 g/mol. The van der Waals surface area contributed by atoms with Crippen molar-refractivity contribution in [1.29, 1.82) is 0 Å². The molecule has 748 valence electrons. The maximum Gasteiger partial charge on any atom is 0.454 e. The van der Waals surface area contributed by atoms with Gasteiger partial charge >= 0.3 is 6.18 Å². The van der Waals surface area contributed by atoms with E-state index in [2.05, 4.69) is 199 Å². The molecule has 0 fully saturated rings. The van der Waals surface area contributed by atoms with E-state index >= 15 is 0 Å². The second-order valence-electron chi connectivity index (χ2n) is 30.3. The van der Waals surface area contributed by atoms with Crippen molar-refractivity contribution in [3.05, 3.63) is 459 Å². The molecular weight excluding hydrogens is 2900 g/mol. The van der Waals surface area contributed by atoms with Crippen LogP contribution in [0.5, 0.6) is 0 Å².